The number of benzene rings is 1. The smallest absolute Gasteiger partial charge is 0.213 e. The van der Waals surface area contributed by atoms with Gasteiger partial charge in [-0.3, -0.25) is 4.40 Å². The van der Waals surface area contributed by atoms with Crippen molar-refractivity contribution in [3.05, 3.63) is 67.1 Å². The molecule has 0 bridgehead atoms. The Bertz CT molecular complexity index is 1160. The topological polar surface area (TPSA) is 61.6 Å². The van der Waals surface area contributed by atoms with E-state index in [-0.39, 0.29) is 0 Å². The minimum atomic E-state index is -0.525. The number of anilines is 3. The summed E-state index contributed by atoms with van der Waals surface area (Å²) in [7, 11) is 2.16. The summed E-state index contributed by atoms with van der Waals surface area (Å²) in [4.78, 5) is 17.4. The Morgan fingerprint density at radius 1 is 0.933 bits per heavy atom. The number of likely N-dealkylation sites (N-methyl/N-ethyl adjacent to an activating group) is 1. The molecule has 1 aliphatic heterocycles. The van der Waals surface area contributed by atoms with E-state index in [0.717, 1.165) is 37.6 Å². The average molecular weight is 403 g/mol. The van der Waals surface area contributed by atoms with Gasteiger partial charge in [0.25, 0.3) is 0 Å². The first kappa shape index (κ1) is 18.5. The molecule has 0 aliphatic carbocycles. The highest BCUT2D eigenvalue weighted by molar-refractivity contribution is 5.74. The van der Waals surface area contributed by atoms with Crippen molar-refractivity contribution in [3.8, 4) is 11.3 Å². The molecule has 1 N–H and O–H groups in total. The van der Waals surface area contributed by atoms with E-state index in [1.807, 2.05) is 10.6 Å². The summed E-state index contributed by atoms with van der Waals surface area (Å²) >= 11 is 0. The number of halogens is 1. The monoisotopic (exact) mass is 403 g/mol. The lowest BCUT2D eigenvalue weighted by Gasteiger charge is -2.34. The van der Waals surface area contributed by atoms with Crippen LogP contribution in [0.1, 0.15) is 0 Å². The van der Waals surface area contributed by atoms with Gasteiger partial charge in [0.05, 0.1) is 11.9 Å². The lowest BCUT2D eigenvalue weighted by molar-refractivity contribution is 0.313. The highest BCUT2D eigenvalue weighted by atomic mass is 19.1. The van der Waals surface area contributed by atoms with Crippen LogP contribution in [0.4, 0.5) is 21.6 Å². The Morgan fingerprint density at radius 2 is 1.73 bits per heavy atom. The summed E-state index contributed by atoms with van der Waals surface area (Å²) in [5, 5.41) is 3.35. The van der Waals surface area contributed by atoms with Crippen LogP contribution in [-0.2, 0) is 0 Å². The van der Waals surface area contributed by atoms with Crippen LogP contribution >= 0.6 is 0 Å². The molecule has 0 saturated carbocycles. The van der Waals surface area contributed by atoms with Crippen molar-refractivity contribution in [2.75, 3.05) is 43.4 Å². The maximum Gasteiger partial charge on any atom is 0.213 e. The molecule has 0 spiro atoms. The normalized spacial score (nSPS) is 14.9. The fourth-order valence-electron chi connectivity index (χ4n) is 3.74. The molecule has 1 aliphatic rings. The molecule has 1 saturated heterocycles. The molecule has 8 heteroatoms. The van der Waals surface area contributed by atoms with Crippen molar-refractivity contribution in [3.63, 3.8) is 0 Å². The van der Waals surface area contributed by atoms with Crippen LogP contribution in [0, 0.1) is 5.95 Å². The van der Waals surface area contributed by atoms with Gasteiger partial charge >= 0.3 is 0 Å². The summed E-state index contributed by atoms with van der Waals surface area (Å²) < 4.78 is 15.4. The molecule has 7 nitrogen and oxygen atoms in total. The van der Waals surface area contributed by atoms with Gasteiger partial charge in [0, 0.05) is 67.8 Å². The molecular weight excluding hydrogens is 381 g/mol. The van der Waals surface area contributed by atoms with Crippen LogP contribution in [-0.4, -0.2) is 57.5 Å². The predicted octanol–water partition coefficient (Wildman–Crippen LogP) is 3.43. The molecule has 1 aromatic carbocycles. The van der Waals surface area contributed by atoms with Gasteiger partial charge in [-0.2, -0.15) is 4.39 Å². The van der Waals surface area contributed by atoms with Gasteiger partial charge < -0.3 is 15.1 Å². The minimum absolute atomic E-state index is 0.525. The number of pyridine rings is 1. The second kappa shape index (κ2) is 7.72. The van der Waals surface area contributed by atoms with Crippen LogP contribution < -0.4 is 10.2 Å². The van der Waals surface area contributed by atoms with Crippen LogP contribution in [0.2, 0.25) is 0 Å². The quantitative estimate of drug-likeness (QED) is 0.527. The molecule has 0 amide bonds. The van der Waals surface area contributed by atoms with E-state index >= 15 is 0 Å². The van der Waals surface area contributed by atoms with E-state index in [0.29, 0.717) is 17.0 Å². The van der Waals surface area contributed by atoms with E-state index in [1.165, 1.54) is 18.0 Å². The number of nitrogens with one attached hydrogen (secondary N) is 1. The summed E-state index contributed by atoms with van der Waals surface area (Å²) in [6.07, 6.45) is 6.71. The van der Waals surface area contributed by atoms with E-state index in [9.17, 15) is 4.39 Å². The Kier molecular flexibility index (Phi) is 4.76. The number of imidazole rings is 1. The first-order valence-corrected chi connectivity index (χ1v) is 9.92. The number of hydrogen-bond donors (Lipinski definition) is 1. The molecule has 4 aromatic rings. The summed E-state index contributed by atoms with van der Waals surface area (Å²) in [5.74, 6) is 0.119. The lowest BCUT2D eigenvalue weighted by Crippen LogP contribution is -2.44. The number of fused-ring (bicyclic) bond motifs is 1. The van der Waals surface area contributed by atoms with E-state index in [2.05, 4.69) is 61.4 Å². The zero-order valence-corrected chi connectivity index (χ0v) is 16.7. The standard InChI is InChI=1S/C22H22FN7/c1-28-10-12-29(13-11-28)18-4-2-17(3-5-18)27-21-22-25-8-9-30(22)19(15-26-21)16-6-7-24-20(23)14-16/h2-9,14-15H,10-13H2,1H3,(H,26,27). The average Bonchev–Trinajstić information content (AvgIpc) is 3.26. The maximum atomic E-state index is 13.6. The third-order valence-electron chi connectivity index (χ3n) is 5.45. The summed E-state index contributed by atoms with van der Waals surface area (Å²) in [6, 6.07) is 11.5. The molecule has 4 heterocycles. The Morgan fingerprint density at radius 3 is 2.50 bits per heavy atom. The summed E-state index contributed by atoms with van der Waals surface area (Å²) in [6.45, 7) is 4.23. The SMILES string of the molecule is CN1CCN(c2ccc(Nc3ncc(-c4ccnc(F)c4)n4ccnc34)cc2)CC1. The molecule has 0 atom stereocenters. The second-order valence-electron chi connectivity index (χ2n) is 7.44. The van der Waals surface area contributed by atoms with E-state index in [4.69, 9.17) is 0 Å². The number of rotatable bonds is 4. The van der Waals surface area contributed by atoms with Gasteiger partial charge in [-0.15, -0.1) is 0 Å². The molecule has 3 aromatic heterocycles. The first-order valence-electron chi connectivity index (χ1n) is 9.92. The van der Waals surface area contributed by atoms with Gasteiger partial charge in [-0.05, 0) is 37.4 Å². The highest BCUT2D eigenvalue weighted by Crippen LogP contribution is 2.26. The van der Waals surface area contributed by atoms with Crippen molar-refractivity contribution >= 4 is 22.8 Å². The van der Waals surface area contributed by atoms with Crippen LogP contribution in [0.15, 0.2) is 61.2 Å². The number of piperazine rings is 1. The predicted molar refractivity (Wildman–Crippen MR) is 116 cm³/mol. The maximum absolute atomic E-state index is 13.6. The molecule has 0 unspecified atom stereocenters. The molecule has 0 radical (unpaired) electrons. The third kappa shape index (κ3) is 3.57. The van der Waals surface area contributed by atoms with Gasteiger partial charge in [-0.1, -0.05) is 0 Å². The molecule has 1 fully saturated rings. The zero-order chi connectivity index (χ0) is 20.5. The van der Waals surface area contributed by atoms with Crippen LogP contribution in [0.3, 0.4) is 0 Å². The van der Waals surface area contributed by atoms with Crippen molar-refractivity contribution in [2.45, 2.75) is 0 Å². The molecular formula is C22H22FN7. The largest absolute Gasteiger partial charge is 0.369 e. The Hall–Kier alpha value is -3.52. The van der Waals surface area contributed by atoms with Gasteiger partial charge in [0.15, 0.2) is 11.5 Å². The summed E-state index contributed by atoms with van der Waals surface area (Å²) in [5.41, 5.74) is 4.28. The van der Waals surface area contributed by atoms with Gasteiger partial charge in [0.2, 0.25) is 5.95 Å². The third-order valence-corrected chi connectivity index (χ3v) is 5.45. The van der Waals surface area contributed by atoms with Gasteiger partial charge in [0.1, 0.15) is 0 Å². The van der Waals surface area contributed by atoms with E-state index in [1.54, 1.807) is 18.5 Å². The minimum Gasteiger partial charge on any atom is -0.369 e. The molecule has 152 valence electrons. The first-order chi connectivity index (χ1) is 14.7. The molecule has 5 rings (SSSR count). The second-order valence-corrected chi connectivity index (χ2v) is 7.44. The zero-order valence-electron chi connectivity index (χ0n) is 16.7. The van der Waals surface area contributed by atoms with Crippen molar-refractivity contribution in [2.24, 2.45) is 0 Å². The number of hydrogen-bond acceptors (Lipinski definition) is 6. The van der Waals surface area contributed by atoms with Crippen molar-refractivity contribution < 1.29 is 4.39 Å². The Balaban J connectivity index is 1.40. The Labute approximate surface area is 173 Å². The lowest BCUT2D eigenvalue weighted by atomic mass is 10.2. The number of aromatic nitrogens is 4. The highest BCUT2D eigenvalue weighted by Gasteiger charge is 2.15. The fourth-order valence-corrected chi connectivity index (χ4v) is 3.74. The van der Waals surface area contributed by atoms with Crippen molar-refractivity contribution in [1.82, 2.24) is 24.3 Å². The van der Waals surface area contributed by atoms with Crippen molar-refractivity contribution in [1.29, 1.82) is 0 Å². The van der Waals surface area contributed by atoms with Crippen LogP contribution in [0.5, 0.6) is 0 Å². The molecule has 30 heavy (non-hydrogen) atoms. The van der Waals surface area contributed by atoms with Gasteiger partial charge in [-0.25, -0.2) is 15.0 Å². The van der Waals surface area contributed by atoms with E-state index < -0.39 is 5.95 Å². The number of nitrogens with zero attached hydrogens (tertiary/aromatic N) is 6. The fraction of sp³-hybridized carbons (Fsp3) is 0.227. The van der Waals surface area contributed by atoms with Crippen LogP contribution in [0.25, 0.3) is 16.9 Å².